The normalized spacial score (nSPS) is 11.6. The highest BCUT2D eigenvalue weighted by Crippen LogP contribution is 2.03. The summed E-state index contributed by atoms with van der Waals surface area (Å²) in [6.07, 6.45) is 2.95. The zero-order valence-electron chi connectivity index (χ0n) is 5.76. The average molecular weight is 129 g/mol. The van der Waals surface area contributed by atoms with Gasteiger partial charge in [-0.25, -0.2) is 0 Å². The molecule has 0 heterocycles. The van der Waals surface area contributed by atoms with E-state index in [1.54, 1.807) is 13.0 Å². The zero-order chi connectivity index (χ0) is 7.28. The Bertz CT molecular complexity index is 129. The van der Waals surface area contributed by atoms with Crippen LogP contribution in [0.2, 0.25) is 0 Å². The van der Waals surface area contributed by atoms with Gasteiger partial charge in [0.15, 0.2) is 0 Å². The molecule has 0 amide bonds. The Kier molecular flexibility index (Phi) is 3.67. The minimum atomic E-state index is -0.330. The van der Waals surface area contributed by atoms with Gasteiger partial charge in [-0.1, -0.05) is 6.92 Å². The van der Waals surface area contributed by atoms with Crippen LogP contribution in [0.4, 0.5) is 0 Å². The third kappa shape index (κ3) is 2.85. The standard InChI is InChI=1S/C6H11NO2/c1-3-5-6(4-2)7(8)9/h4H,3,5H2,1-2H3/b6-4-. The molecule has 0 aromatic carbocycles. The average Bonchev–Trinajstić information content (AvgIpc) is 1.82. The minimum absolute atomic E-state index is 0.317. The Balaban J connectivity index is 3.85. The van der Waals surface area contributed by atoms with Gasteiger partial charge in [-0.15, -0.1) is 0 Å². The number of nitrogens with zero attached hydrogens (tertiary/aromatic N) is 1. The lowest BCUT2D eigenvalue weighted by molar-refractivity contribution is -0.428. The fourth-order valence-corrected chi connectivity index (χ4v) is 0.597. The van der Waals surface area contributed by atoms with E-state index in [1.807, 2.05) is 6.92 Å². The van der Waals surface area contributed by atoms with Crippen molar-refractivity contribution in [1.29, 1.82) is 0 Å². The summed E-state index contributed by atoms with van der Waals surface area (Å²) in [4.78, 5) is 9.73. The number of rotatable bonds is 3. The molecule has 0 saturated carbocycles. The maximum Gasteiger partial charge on any atom is 0.242 e. The second-order valence-electron chi connectivity index (χ2n) is 1.79. The van der Waals surface area contributed by atoms with E-state index >= 15 is 0 Å². The van der Waals surface area contributed by atoms with Crippen LogP contribution in [0.1, 0.15) is 26.7 Å². The lowest BCUT2D eigenvalue weighted by Gasteiger charge is -1.91. The Morgan fingerprint density at radius 1 is 1.78 bits per heavy atom. The molecule has 9 heavy (non-hydrogen) atoms. The molecule has 0 unspecified atom stereocenters. The monoisotopic (exact) mass is 129 g/mol. The first kappa shape index (κ1) is 8.14. The van der Waals surface area contributed by atoms with E-state index < -0.39 is 0 Å². The fraction of sp³-hybridized carbons (Fsp3) is 0.667. The highest BCUT2D eigenvalue weighted by atomic mass is 16.6. The lowest BCUT2D eigenvalue weighted by atomic mass is 10.2. The zero-order valence-corrected chi connectivity index (χ0v) is 5.76. The summed E-state index contributed by atoms with van der Waals surface area (Å²) in [5.74, 6) is 0. The molecule has 0 aromatic rings. The molecular formula is C6H11NO2. The Morgan fingerprint density at radius 3 is 2.44 bits per heavy atom. The van der Waals surface area contributed by atoms with Crippen molar-refractivity contribution in [2.24, 2.45) is 0 Å². The molecule has 0 aliphatic carbocycles. The molecule has 3 heteroatoms. The number of nitro groups is 1. The van der Waals surface area contributed by atoms with E-state index in [9.17, 15) is 10.1 Å². The van der Waals surface area contributed by atoms with Crippen molar-refractivity contribution < 1.29 is 4.92 Å². The Hall–Kier alpha value is -0.860. The SMILES string of the molecule is C/C=C(/CCC)[N+](=O)[O-]. The van der Waals surface area contributed by atoms with Crippen molar-refractivity contribution in [1.82, 2.24) is 0 Å². The summed E-state index contributed by atoms with van der Waals surface area (Å²) in [7, 11) is 0. The van der Waals surface area contributed by atoms with Crippen LogP contribution >= 0.6 is 0 Å². The van der Waals surface area contributed by atoms with Crippen molar-refractivity contribution in [3.05, 3.63) is 21.9 Å². The molecular weight excluding hydrogens is 118 g/mol. The minimum Gasteiger partial charge on any atom is -0.259 e. The molecule has 0 bridgehead atoms. The molecule has 0 aliphatic heterocycles. The Labute approximate surface area is 54.5 Å². The van der Waals surface area contributed by atoms with Crippen molar-refractivity contribution >= 4 is 0 Å². The molecule has 0 spiro atoms. The second-order valence-corrected chi connectivity index (χ2v) is 1.79. The van der Waals surface area contributed by atoms with Crippen LogP contribution < -0.4 is 0 Å². The maximum absolute atomic E-state index is 10.1. The molecule has 0 aromatic heterocycles. The van der Waals surface area contributed by atoms with E-state index in [0.29, 0.717) is 12.1 Å². The molecule has 0 rings (SSSR count). The van der Waals surface area contributed by atoms with Crippen LogP contribution in [0, 0.1) is 10.1 Å². The molecule has 0 atom stereocenters. The summed E-state index contributed by atoms with van der Waals surface area (Å²) in [5.41, 5.74) is 0.317. The quantitative estimate of drug-likeness (QED) is 0.432. The molecule has 0 N–H and O–H groups in total. The summed E-state index contributed by atoms with van der Waals surface area (Å²) in [6.45, 7) is 3.61. The predicted octanol–water partition coefficient (Wildman–Crippen LogP) is 1.97. The fourth-order valence-electron chi connectivity index (χ4n) is 0.597. The van der Waals surface area contributed by atoms with Crippen LogP contribution in [-0.4, -0.2) is 4.92 Å². The third-order valence-electron chi connectivity index (χ3n) is 1.07. The summed E-state index contributed by atoms with van der Waals surface area (Å²) in [6, 6.07) is 0. The van der Waals surface area contributed by atoms with Gasteiger partial charge in [0.1, 0.15) is 0 Å². The van der Waals surface area contributed by atoms with Crippen molar-refractivity contribution in [2.45, 2.75) is 26.7 Å². The van der Waals surface area contributed by atoms with Gasteiger partial charge in [-0.05, 0) is 19.4 Å². The first-order valence-electron chi connectivity index (χ1n) is 3.02. The first-order chi connectivity index (χ1) is 4.22. The summed E-state index contributed by atoms with van der Waals surface area (Å²) >= 11 is 0. The maximum atomic E-state index is 10.1. The first-order valence-corrected chi connectivity index (χ1v) is 3.02. The van der Waals surface area contributed by atoms with Crippen molar-refractivity contribution in [2.75, 3.05) is 0 Å². The van der Waals surface area contributed by atoms with Crippen LogP contribution in [0.25, 0.3) is 0 Å². The lowest BCUT2D eigenvalue weighted by Crippen LogP contribution is -1.96. The molecule has 0 fully saturated rings. The van der Waals surface area contributed by atoms with E-state index in [2.05, 4.69) is 0 Å². The van der Waals surface area contributed by atoms with E-state index in [4.69, 9.17) is 0 Å². The largest absolute Gasteiger partial charge is 0.259 e. The summed E-state index contributed by atoms with van der Waals surface area (Å²) < 4.78 is 0. The van der Waals surface area contributed by atoms with Crippen LogP contribution in [0.5, 0.6) is 0 Å². The van der Waals surface area contributed by atoms with Gasteiger partial charge < -0.3 is 0 Å². The molecule has 52 valence electrons. The van der Waals surface area contributed by atoms with Gasteiger partial charge in [0.25, 0.3) is 0 Å². The topological polar surface area (TPSA) is 43.1 Å². The van der Waals surface area contributed by atoms with Gasteiger partial charge >= 0.3 is 0 Å². The highest BCUT2D eigenvalue weighted by Gasteiger charge is 2.04. The smallest absolute Gasteiger partial charge is 0.242 e. The number of hydrogen-bond acceptors (Lipinski definition) is 2. The van der Waals surface area contributed by atoms with Crippen LogP contribution in [-0.2, 0) is 0 Å². The van der Waals surface area contributed by atoms with E-state index in [1.165, 1.54) is 0 Å². The molecule has 0 saturated heterocycles. The third-order valence-corrected chi connectivity index (χ3v) is 1.07. The predicted molar refractivity (Wildman–Crippen MR) is 35.7 cm³/mol. The molecule has 3 nitrogen and oxygen atoms in total. The van der Waals surface area contributed by atoms with Gasteiger partial charge in [-0.3, -0.25) is 10.1 Å². The second kappa shape index (κ2) is 4.06. The van der Waals surface area contributed by atoms with Gasteiger partial charge in [0.05, 0.1) is 4.92 Å². The van der Waals surface area contributed by atoms with Gasteiger partial charge in [0, 0.05) is 6.42 Å². The molecule has 0 radical (unpaired) electrons. The van der Waals surface area contributed by atoms with E-state index in [-0.39, 0.29) is 4.92 Å². The van der Waals surface area contributed by atoms with Gasteiger partial charge in [-0.2, -0.15) is 0 Å². The number of allylic oxidation sites excluding steroid dienone is 2. The number of hydrogen-bond donors (Lipinski definition) is 0. The van der Waals surface area contributed by atoms with Gasteiger partial charge in [0.2, 0.25) is 5.70 Å². The van der Waals surface area contributed by atoms with E-state index in [0.717, 1.165) is 6.42 Å². The van der Waals surface area contributed by atoms with Crippen LogP contribution in [0.15, 0.2) is 11.8 Å². The molecule has 0 aliphatic rings. The highest BCUT2D eigenvalue weighted by molar-refractivity contribution is 4.87. The van der Waals surface area contributed by atoms with Crippen molar-refractivity contribution in [3.8, 4) is 0 Å². The van der Waals surface area contributed by atoms with Crippen molar-refractivity contribution in [3.63, 3.8) is 0 Å². The summed E-state index contributed by atoms with van der Waals surface area (Å²) in [5, 5.41) is 10.1. The van der Waals surface area contributed by atoms with Crippen LogP contribution in [0.3, 0.4) is 0 Å². The Morgan fingerprint density at radius 2 is 2.33 bits per heavy atom.